The third-order valence-electron chi connectivity index (χ3n) is 10.7. The van der Waals surface area contributed by atoms with Crippen molar-refractivity contribution in [1.82, 2.24) is 40.3 Å². The predicted octanol–water partition coefficient (Wildman–Crippen LogP) is 5.27. The summed E-state index contributed by atoms with van der Waals surface area (Å²) in [6.45, 7) is 8.41. The number of carbonyl (C=O) groups excluding carboxylic acids is 2. The van der Waals surface area contributed by atoms with Crippen LogP contribution in [0.5, 0.6) is 11.8 Å². The molecule has 5 aromatic rings. The van der Waals surface area contributed by atoms with E-state index >= 15 is 8.78 Å². The summed E-state index contributed by atoms with van der Waals surface area (Å²) < 4.78 is 38.4. The smallest absolute Gasteiger partial charge is 0.321 e. The van der Waals surface area contributed by atoms with Gasteiger partial charge in [-0.15, -0.1) is 0 Å². The van der Waals surface area contributed by atoms with Crippen LogP contribution in [-0.4, -0.2) is 93.5 Å². The van der Waals surface area contributed by atoms with Crippen molar-refractivity contribution in [3.8, 4) is 23.0 Å². The highest BCUT2D eigenvalue weighted by Crippen LogP contribution is 2.33. The maximum Gasteiger partial charge on any atom is 0.321 e. The van der Waals surface area contributed by atoms with E-state index in [2.05, 4.69) is 48.3 Å². The lowest BCUT2D eigenvalue weighted by atomic mass is 9.93. The van der Waals surface area contributed by atoms with Gasteiger partial charge in [0, 0.05) is 85.9 Å². The van der Waals surface area contributed by atoms with E-state index in [0.29, 0.717) is 54.3 Å². The third-order valence-corrected chi connectivity index (χ3v) is 10.7. The minimum atomic E-state index is -1.18. The zero-order chi connectivity index (χ0) is 38.4. The Kier molecular flexibility index (Phi) is 11.6. The molecule has 2 aromatic carbocycles. The number of anilines is 2. The van der Waals surface area contributed by atoms with Gasteiger partial charge in [0.1, 0.15) is 0 Å². The van der Waals surface area contributed by atoms with Gasteiger partial charge in [-0.1, -0.05) is 6.92 Å². The Morgan fingerprint density at radius 2 is 1.78 bits per heavy atom. The summed E-state index contributed by atoms with van der Waals surface area (Å²) in [6.07, 6.45) is 11.8. The monoisotopic (exact) mass is 753 g/mol. The maximum absolute atomic E-state index is 15.4. The summed E-state index contributed by atoms with van der Waals surface area (Å²) in [7, 11) is 2.33. The molecule has 4 N–H and O–H groups in total. The van der Waals surface area contributed by atoms with E-state index in [4.69, 9.17) is 4.74 Å². The summed E-state index contributed by atoms with van der Waals surface area (Å²) in [6, 6.07) is 9.62. The molecule has 1 unspecified atom stereocenters. The van der Waals surface area contributed by atoms with Crippen molar-refractivity contribution in [3.05, 3.63) is 90.1 Å². The van der Waals surface area contributed by atoms with E-state index in [9.17, 15) is 9.59 Å². The van der Waals surface area contributed by atoms with Crippen LogP contribution in [-0.2, 0) is 11.2 Å². The second kappa shape index (κ2) is 16.9. The Balaban J connectivity index is 0.919. The second-order valence-corrected chi connectivity index (χ2v) is 14.6. The number of imidazole rings is 1. The largest absolute Gasteiger partial charge is 0.421 e. The van der Waals surface area contributed by atoms with Crippen LogP contribution in [0.15, 0.2) is 67.4 Å². The van der Waals surface area contributed by atoms with Gasteiger partial charge in [-0.3, -0.25) is 14.0 Å². The molecule has 0 bridgehead atoms. The molecule has 15 heteroatoms. The Morgan fingerprint density at radius 3 is 2.55 bits per heavy atom. The summed E-state index contributed by atoms with van der Waals surface area (Å²) >= 11 is 0. The Bertz CT molecular complexity index is 2130. The summed E-state index contributed by atoms with van der Waals surface area (Å²) in [5.41, 5.74) is 2.75. The van der Waals surface area contributed by atoms with Crippen LogP contribution in [0.4, 0.5) is 20.3 Å². The normalized spacial score (nSPS) is 19.6. The van der Waals surface area contributed by atoms with E-state index in [0.717, 1.165) is 55.0 Å². The van der Waals surface area contributed by atoms with Crippen LogP contribution < -0.4 is 26.0 Å². The fourth-order valence-electron chi connectivity index (χ4n) is 7.64. The summed E-state index contributed by atoms with van der Waals surface area (Å²) in [4.78, 5) is 42.7. The number of nitrogens with one attached hydrogen (secondary N) is 4. The molecule has 0 saturated carbocycles. The maximum atomic E-state index is 15.4. The molecule has 2 aliphatic rings. The van der Waals surface area contributed by atoms with E-state index in [-0.39, 0.29) is 35.1 Å². The first-order chi connectivity index (χ1) is 26.7. The molecular formula is C40H47F2N10O3+. The number of aryl methyl sites for hydroxylation is 1. The molecule has 2 amide bonds. The van der Waals surface area contributed by atoms with Gasteiger partial charge < -0.3 is 30.5 Å². The minimum absolute atomic E-state index is 0.0199. The number of halogens is 2. The van der Waals surface area contributed by atoms with Crippen LogP contribution in [0.1, 0.15) is 48.5 Å². The number of piperidine rings is 1. The van der Waals surface area contributed by atoms with Crippen LogP contribution in [0, 0.1) is 23.5 Å². The first-order valence-electron chi connectivity index (χ1n) is 19.0. The first kappa shape index (κ1) is 37.8. The van der Waals surface area contributed by atoms with Crippen molar-refractivity contribution in [1.29, 1.82) is 0 Å². The SMILES string of the molecule is CCc1cc(Nc2nccn3c(-c4ccc(Oc5ncccn5)c(F)c4F)cnc23)ccc1C(=O)NCCCNC(=O)C1CC[N+](C)(CC2CCNC2)CC1. The number of hydrogen-bond donors (Lipinski definition) is 4. The van der Waals surface area contributed by atoms with E-state index in [1.54, 1.807) is 28.8 Å². The van der Waals surface area contributed by atoms with Crippen molar-refractivity contribution >= 4 is 29.0 Å². The van der Waals surface area contributed by atoms with Gasteiger partial charge >= 0.3 is 6.01 Å². The lowest BCUT2D eigenvalue weighted by Crippen LogP contribution is -2.54. The van der Waals surface area contributed by atoms with Crippen molar-refractivity contribution in [3.63, 3.8) is 0 Å². The molecule has 0 spiro atoms. The highest BCUT2D eigenvalue weighted by Gasteiger charge is 2.35. The van der Waals surface area contributed by atoms with Crippen LogP contribution >= 0.6 is 0 Å². The second-order valence-electron chi connectivity index (χ2n) is 14.6. The van der Waals surface area contributed by atoms with Gasteiger partial charge in [0.15, 0.2) is 23.0 Å². The number of benzene rings is 2. The lowest BCUT2D eigenvalue weighted by Gasteiger charge is -2.41. The number of fused-ring (bicyclic) bond motifs is 1. The van der Waals surface area contributed by atoms with Gasteiger partial charge in [-0.25, -0.2) is 24.3 Å². The number of carbonyl (C=O) groups is 2. The minimum Gasteiger partial charge on any atom is -0.421 e. The van der Waals surface area contributed by atoms with Crippen LogP contribution in [0.2, 0.25) is 0 Å². The molecule has 5 heterocycles. The highest BCUT2D eigenvalue weighted by atomic mass is 19.2. The Hall–Kier alpha value is -5.54. The summed E-state index contributed by atoms with van der Waals surface area (Å²) in [5, 5.41) is 12.8. The molecular weight excluding hydrogens is 707 g/mol. The quantitative estimate of drug-likeness (QED) is 0.0881. The molecule has 2 fully saturated rings. The van der Waals surface area contributed by atoms with E-state index in [1.807, 2.05) is 13.0 Å². The van der Waals surface area contributed by atoms with Crippen molar-refractivity contribution in [2.75, 3.05) is 58.2 Å². The zero-order valence-electron chi connectivity index (χ0n) is 31.2. The highest BCUT2D eigenvalue weighted by molar-refractivity contribution is 5.96. The molecule has 7 rings (SSSR count). The standard InChI is InChI=1S/C40H46F2N10O3/c1-3-27-22-29(6-7-30(27)39(54)46-14-4-13-45-38(53)28-11-20-52(2,21-12-28)25-26-10-17-43-23-26)50-36-37-49-24-32(51(37)19-18-44-36)31-8-9-33(35(42)34(31)41)55-40-47-15-5-16-48-40/h5-9,15-16,18-19,22,24,26,28,43H,3-4,10-14,17,20-21,23,25H2,1-2H3,(H2-,44,45,46,50,53,54)/p+1. The average molecular weight is 754 g/mol. The molecule has 0 radical (unpaired) electrons. The van der Waals surface area contributed by atoms with Crippen LogP contribution in [0.3, 0.4) is 0 Å². The molecule has 2 saturated heterocycles. The first-order valence-corrected chi connectivity index (χ1v) is 19.0. The van der Waals surface area contributed by atoms with Gasteiger partial charge in [0.2, 0.25) is 11.7 Å². The van der Waals surface area contributed by atoms with Crippen LogP contribution in [0.25, 0.3) is 16.9 Å². The fourth-order valence-corrected chi connectivity index (χ4v) is 7.64. The Morgan fingerprint density at radius 1 is 0.982 bits per heavy atom. The number of ether oxygens (including phenoxy) is 1. The molecule has 55 heavy (non-hydrogen) atoms. The molecule has 1 atom stereocenters. The zero-order valence-corrected chi connectivity index (χ0v) is 31.2. The molecule has 3 aromatic heterocycles. The lowest BCUT2D eigenvalue weighted by molar-refractivity contribution is -0.917. The van der Waals surface area contributed by atoms with Gasteiger partial charge in [0.05, 0.1) is 38.6 Å². The average Bonchev–Trinajstić information content (AvgIpc) is 3.87. The molecule has 13 nitrogen and oxygen atoms in total. The van der Waals surface area contributed by atoms with E-state index in [1.165, 1.54) is 49.9 Å². The summed E-state index contributed by atoms with van der Waals surface area (Å²) in [5.74, 6) is -1.52. The number of hydrogen-bond acceptors (Lipinski definition) is 9. The topological polar surface area (TPSA) is 147 Å². The predicted molar refractivity (Wildman–Crippen MR) is 204 cm³/mol. The third kappa shape index (κ3) is 8.73. The van der Waals surface area contributed by atoms with E-state index < -0.39 is 11.6 Å². The Labute approximate surface area is 318 Å². The molecule has 2 aliphatic heterocycles. The number of amides is 2. The number of likely N-dealkylation sites (tertiary alicyclic amines) is 1. The van der Waals surface area contributed by atoms with Gasteiger partial charge in [0.25, 0.3) is 5.91 Å². The number of aromatic nitrogens is 5. The number of quaternary nitrogens is 1. The molecule has 288 valence electrons. The van der Waals surface area contributed by atoms with Crippen molar-refractivity contribution in [2.24, 2.45) is 11.8 Å². The molecule has 0 aliphatic carbocycles. The van der Waals surface area contributed by atoms with Gasteiger partial charge in [-0.2, -0.15) is 4.39 Å². The fraction of sp³-hybridized carbons (Fsp3) is 0.400. The van der Waals surface area contributed by atoms with Crippen molar-refractivity contribution < 1.29 is 27.6 Å². The van der Waals surface area contributed by atoms with Crippen molar-refractivity contribution in [2.45, 2.75) is 39.0 Å². The number of nitrogens with zero attached hydrogens (tertiary/aromatic N) is 6. The van der Waals surface area contributed by atoms with Gasteiger partial charge in [-0.05, 0) is 67.8 Å². The number of rotatable bonds is 14.